The topological polar surface area (TPSA) is 119 Å². The van der Waals surface area contributed by atoms with Gasteiger partial charge in [0, 0.05) is 24.7 Å². The van der Waals surface area contributed by atoms with Gasteiger partial charge in [-0.15, -0.1) is 0 Å². The van der Waals surface area contributed by atoms with Gasteiger partial charge >= 0.3 is 0 Å². The molecular weight excluding hydrogens is 384 g/mol. The molecule has 1 aliphatic heterocycles. The Labute approximate surface area is 165 Å². The quantitative estimate of drug-likeness (QED) is 0.732. The molecule has 2 N–H and O–H groups in total. The van der Waals surface area contributed by atoms with Crippen molar-refractivity contribution < 1.29 is 27.6 Å². The van der Waals surface area contributed by atoms with E-state index in [-0.39, 0.29) is 12.5 Å². The Hall–Kier alpha value is -1.45. The highest BCUT2D eigenvalue weighted by atomic mass is 32.2. The highest BCUT2D eigenvalue weighted by Gasteiger charge is 2.47. The van der Waals surface area contributed by atoms with Gasteiger partial charge in [0.15, 0.2) is 9.84 Å². The first-order valence-electron chi connectivity index (χ1n) is 9.94. The lowest BCUT2D eigenvalue weighted by molar-refractivity contribution is -0.118. The minimum Gasteiger partial charge on any atom is -0.395 e. The van der Waals surface area contributed by atoms with Crippen LogP contribution in [0.3, 0.4) is 0 Å². The van der Waals surface area contributed by atoms with Crippen molar-refractivity contribution in [1.82, 2.24) is 5.16 Å². The number of hydrogen-bond donors (Lipinski definition) is 2. The molecule has 2 fully saturated rings. The van der Waals surface area contributed by atoms with Gasteiger partial charge in [0.2, 0.25) is 11.8 Å². The van der Waals surface area contributed by atoms with E-state index in [1.54, 1.807) is 6.07 Å². The molecule has 1 aromatic rings. The van der Waals surface area contributed by atoms with Crippen molar-refractivity contribution in [3.63, 3.8) is 0 Å². The molecule has 0 atom stereocenters. The third-order valence-corrected chi connectivity index (χ3v) is 9.23. The third kappa shape index (κ3) is 3.84. The largest absolute Gasteiger partial charge is 0.395 e. The molecule has 1 aromatic heterocycles. The standard InChI is InChI=1S/C19H30N2O6S/c1-18(2,28(24,25)14-6-10-26-11-7-14)17(23)20-16-12-15(21-27-16)19(13-22)8-4-3-5-9-19/h12,14,22H,3-11,13H2,1-2H3,(H,20,23). The Kier molecular flexibility index (Phi) is 6.17. The second-order valence-electron chi connectivity index (χ2n) is 8.40. The predicted octanol–water partition coefficient (Wildman–Crippen LogP) is 2.18. The van der Waals surface area contributed by atoms with Crippen LogP contribution < -0.4 is 5.32 Å². The third-order valence-electron chi connectivity index (χ3n) is 6.27. The Bertz CT molecular complexity index is 789. The maximum Gasteiger partial charge on any atom is 0.247 e. The van der Waals surface area contributed by atoms with Crippen molar-refractivity contribution in [2.75, 3.05) is 25.1 Å². The molecule has 1 saturated carbocycles. The Balaban J connectivity index is 1.74. The van der Waals surface area contributed by atoms with Gasteiger partial charge in [-0.05, 0) is 39.5 Å². The first-order valence-corrected chi connectivity index (χ1v) is 11.5. The smallest absolute Gasteiger partial charge is 0.247 e. The van der Waals surface area contributed by atoms with Crippen LogP contribution in [0.2, 0.25) is 0 Å². The van der Waals surface area contributed by atoms with Crippen molar-refractivity contribution in [3.8, 4) is 0 Å². The van der Waals surface area contributed by atoms with E-state index in [2.05, 4.69) is 10.5 Å². The summed E-state index contributed by atoms with van der Waals surface area (Å²) in [6.45, 7) is 3.57. The van der Waals surface area contributed by atoms with Crippen LogP contribution in [0.4, 0.5) is 5.88 Å². The number of amides is 1. The summed E-state index contributed by atoms with van der Waals surface area (Å²) >= 11 is 0. The number of aliphatic hydroxyl groups excluding tert-OH is 1. The fourth-order valence-electron chi connectivity index (χ4n) is 4.10. The monoisotopic (exact) mass is 414 g/mol. The number of nitrogens with zero attached hydrogens (tertiary/aromatic N) is 1. The first kappa shape index (κ1) is 21.3. The van der Waals surface area contributed by atoms with Crippen LogP contribution in [-0.4, -0.2) is 54.4 Å². The van der Waals surface area contributed by atoms with E-state index >= 15 is 0 Å². The highest BCUT2D eigenvalue weighted by molar-refractivity contribution is 7.94. The van der Waals surface area contributed by atoms with E-state index in [4.69, 9.17) is 9.26 Å². The molecule has 1 saturated heterocycles. The number of carbonyl (C=O) groups is 1. The number of aliphatic hydroxyl groups is 1. The Morgan fingerprint density at radius 3 is 2.54 bits per heavy atom. The van der Waals surface area contributed by atoms with Crippen LogP contribution in [0, 0.1) is 0 Å². The van der Waals surface area contributed by atoms with Gasteiger partial charge in [-0.25, -0.2) is 8.42 Å². The maximum atomic E-state index is 13.0. The van der Waals surface area contributed by atoms with Gasteiger partial charge < -0.3 is 14.4 Å². The van der Waals surface area contributed by atoms with E-state index < -0.39 is 31.2 Å². The molecule has 1 amide bonds. The number of aromatic nitrogens is 1. The molecule has 0 bridgehead atoms. The predicted molar refractivity (Wildman–Crippen MR) is 104 cm³/mol. The van der Waals surface area contributed by atoms with Crippen molar-refractivity contribution in [1.29, 1.82) is 0 Å². The highest BCUT2D eigenvalue weighted by Crippen LogP contribution is 2.39. The number of anilines is 1. The molecule has 9 heteroatoms. The molecule has 0 aromatic carbocycles. The minimum absolute atomic E-state index is 0.0312. The lowest BCUT2D eigenvalue weighted by Gasteiger charge is -2.33. The summed E-state index contributed by atoms with van der Waals surface area (Å²) in [5, 5.41) is 15.9. The van der Waals surface area contributed by atoms with Crippen LogP contribution >= 0.6 is 0 Å². The maximum absolute atomic E-state index is 13.0. The van der Waals surface area contributed by atoms with Crippen LogP contribution in [0.1, 0.15) is 64.5 Å². The number of rotatable bonds is 6. The lowest BCUT2D eigenvalue weighted by Crippen LogP contribution is -2.50. The number of hydrogen-bond acceptors (Lipinski definition) is 7. The molecule has 3 rings (SSSR count). The molecule has 0 unspecified atom stereocenters. The van der Waals surface area contributed by atoms with Gasteiger partial charge in [-0.3, -0.25) is 10.1 Å². The lowest BCUT2D eigenvalue weighted by atomic mass is 9.72. The van der Waals surface area contributed by atoms with Crippen molar-refractivity contribution >= 4 is 21.6 Å². The zero-order valence-electron chi connectivity index (χ0n) is 16.6. The zero-order chi connectivity index (χ0) is 20.4. The summed E-state index contributed by atoms with van der Waals surface area (Å²) in [5.74, 6) is -0.544. The van der Waals surface area contributed by atoms with Crippen molar-refractivity contribution in [2.45, 2.75) is 74.2 Å². The molecule has 1 aliphatic carbocycles. The molecule has 2 aliphatic rings. The fourth-order valence-corrected chi connectivity index (χ4v) is 6.06. The summed E-state index contributed by atoms with van der Waals surface area (Å²) < 4.78 is 34.9. The average Bonchev–Trinajstić information content (AvgIpc) is 3.18. The van der Waals surface area contributed by atoms with Gasteiger partial charge in [0.1, 0.15) is 4.75 Å². The Morgan fingerprint density at radius 2 is 1.93 bits per heavy atom. The van der Waals surface area contributed by atoms with Crippen molar-refractivity contribution in [3.05, 3.63) is 11.8 Å². The van der Waals surface area contributed by atoms with Crippen LogP contribution in [-0.2, 0) is 24.8 Å². The molecule has 158 valence electrons. The summed E-state index contributed by atoms with van der Waals surface area (Å²) in [6, 6.07) is 1.61. The normalized spacial score (nSPS) is 21.4. The number of sulfone groups is 1. The van der Waals surface area contributed by atoms with E-state index in [1.807, 2.05) is 0 Å². The van der Waals surface area contributed by atoms with Crippen LogP contribution in [0.25, 0.3) is 0 Å². The molecule has 0 radical (unpaired) electrons. The molecule has 0 spiro atoms. The summed E-state index contributed by atoms with van der Waals surface area (Å²) in [4.78, 5) is 12.8. The molecule has 28 heavy (non-hydrogen) atoms. The van der Waals surface area contributed by atoms with Gasteiger partial charge in [-0.2, -0.15) is 0 Å². The number of carbonyl (C=O) groups excluding carboxylic acids is 1. The molecule has 8 nitrogen and oxygen atoms in total. The van der Waals surface area contributed by atoms with Gasteiger partial charge in [0.25, 0.3) is 0 Å². The van der Waals surface area contributed by atoms with Gasteiger partial charge in [0.05, 0.1) is 17.6 Å². The number of ether oxygens (including phenoxy) is 1. The summed E-state index contributed by atoms with van der Waals surface area (Å²) in [6.07, 6.45) is 5.55. The second kappa shape index (κ2) is 8.12. The Morgan fingerprint density at radius 1 is 1.29 bits per heavy atom. The fraction of sp³-hybridized carbons (Fsp3) is 0.789. The first-order chi connectivity index (χ1) is 13.2. The molecular formula is C19H30N2O6S. The van der Waals surface area contributed by atoms with Crippen LogP contribution in [0.5, 0.6) is 0 Å². The van der Waals surface area contributed by atoms with E-state index in [0.717, 1.165) is 32.1 Å². The minimum atomic E-state index is -3.71. The van der Waals surface area contributed by atoms with E-state index in [0.29, 0.717) is 31.7 Å². The zero-order valence-corrected chi connectivity index (χ0v) is 17.4. The molecule has 2 heterocycles. The second-order valence-corrected chi connectivity index (χ2v) is 11.2. The SMILES string of the molecule is CC(C)(C(=O)Nc1cc(C2(CO)CCCCC2)no1)S(=O)(=O)C1CCOCC1. The number of nitrogens with one attached hydrogen (secondary N) is 1. The van der Waals surface area contributed by atoms with Crippen molar-refractivity contribution in [2.24, 2.45) is 0 Å². The summed E-state index contributed by atoms with van der Waals surface area (Å²) in [5.41, 5.74) is 0.157. The summed E-state index contributed by atoms with van der Waals surface area (Å²) in [7, 11) is -3.71. The van der Waals surface area contributed by atoms with E-state index in [9.17, 15) is 18.3 Å². The van der Waals surface area contributed by atoms with Gasteiger partial charge in [-0.1, -0.05) is 24.4 Å². The van der Waals surface area contributed by atoms with Crippen LogP contribution in [0.15, 0.2) is 10.6 Å². The van der Waals surface area contributed by atoms with E-state index in [1.165, 1.54) is 13.8 Å². The average molecular weight is 415 g/mol.